The van der Waals surface area contributed by atoms with Crippen molar-refractivity contribution in [1.29, 1.82) is 0 Å². The molecule has 1 amide bonds. The molecule has 0 radical (unpaired) electrons. The molecule has 0 saturated carbocycles. The number of alkyl halides is 1. The molecule has 112 valence electrons. The Hall–Kier alpha value is 0.160. The second-order valence-electron chi connectivity index (χ2n) is 7.42. The maximum absolute atomic E-state index is 12.3. The van der Waals surface area contributed by atoms with E-state index in [9.17, 15) is 4.79 Å². The summed E-state index contributed by atoms with van der Waals surface area (Å²) in [6.45, 7) is 14.9. The van der Waals surface area contributed by atoms with Crippen LogP contribution in [0.15, 0.2) is 0 Å². The van der Waals surface area contributed by atoms with Crippen LogP contribution in [0.25, 0.3) is 0 Å². The summed E-state index contributed by atoms with van der Waals surface area (Å²) in [7, 11) is 0. The van der Waals surface area contributed by atoms with Gasteiger partial charge >= 0.3 is 0 Å². The van der Waals surface area contributed by atoms with Gasteiger partial charge in [0.25, 0.3) is 0 Å². The smallest absolute Gasteiger partial charge is 0.223 e. The number of carbonyl (C=O) groups excluding carboxylic acids is 1. The molecule has 4 heteroatoms. The van der Waals surface area contributed by atoms with Gasteiger partial charge in [0.15, 0.2) is 0 Å². The molecule has 0 aromatic rings. The van der Waals surface area contributed by atoms with Crippen molar-refractivity contribution in [2.24, 2.45) is 5.41 Å². The normalized spacial score (nSPS) is 26.9. The van der Waals surface area contributed by atoms with Crippen LogP contribution in [0.5, 0.6) is 0 Å². The number of nitrogens with zero attached hydrogens (tertiary/aromatic N) is 1. The summed E-state index contributed by atoms with van der Waals surface area (Å²) in [6, 6.07) is 0.786. The van der Waals surface area contributed by atoms with Crippen LogP contribution in [0.4, 0.5) is 0 Å². The molecule has 2 atom stereocenters. The van der Waals surface area contributed by atoms with E-state index in [0.717, 1.165) is 19.5 Å². The predicted octanol–water partition coefficient (Wildman–Crippen LogP) is 3.22. The van der Waals surface area contributed by atoms with Gasteiger partial charge < -0.3 is 10.2 Å². The minimum Gasteiger partial charge on any atom is -0.341 e. The third-order valence-electron chi connectivity index (χ3n) is 3.76. The largest absolute Gasteiger partial charge is 0.341 e. The van der Waals surface area contributed by atoms with Gasteiger partial charge in [0.1, 0.15) is 0 Å². The number of likely N-dealkylation sites (tertiary alicyclic amines) is 1. The van der Waals surface area contributed by atoms with Crippen LogP contribution < -0.4 is 5.32 Å². The lowest BCUT2D eigenvalue weighted by Gasteiger charge is -2.41. The molecule has 1 saturated heterocycles. The topological polar surface area (TPSA) is 32.3 Å². The molecular weight excluding hydrogens is 351 g/mol. The van der Waals surface area contributed by atoms with Gasteiger partial charge in [-0.25, -0.2) is 0 Å². The lowest BCUT2D eigenvalue weighted by atomic mass is 9.85. The van der Waals surface area contributed by atoms with Crippen molar-refractivity contribution in [3.63, 3.8) is 0 Å². The maximum Gasteiger partial charge on any atom is 0.223 e. The third kappa shape index (κ3) is 5.58. The Morgan fingerprint density at radius 3 is 2.42 bits per heavy atom. The molecule has 1 aliphatic heterocycles. The quantitative estimate of drug-likeness (QED) is 0.600. The molecule has 1 aliphatic rings. The van der Waals surface area contributed by atoms with Crippen LogP contribution in [0.1, 0.15) is 54.4 Å². The van der Waals surface area contributed by atoms with Crippen LogP contribution in [-0.4, -0.2) is 39.4 Å². The number of hydrogen-bond donors (Lipinski definition) is 1. The number of carbonyl (C=O) groups is 1. The lowest BCUT2D eigenvalue weighted by Crippen LogP contribution is -2.54. The summed E-state index contributed by atoms with van der Waals surface area (Å²) in [6.07, 6.45) is 1.77. The molecule has 1 fully saturated rings. The van der Waals surface area contributed by atoms with E-state index < -0.39 is 0 Å². The SMILES string of the molecule is CC(C)N[C@H](CN1CCC(C)(I)CC1=O)C(C)(C)C. The number of amides is 1. The highest BCUT2D eigenvalue weighted by molar-refractivity contribution is 14.1. The molecular formula is C15H29IN2O. The summed E-state index contributed by atoms with van der Waals surface area (Å²) in [5.74, 6) is 0.308. The fourth-order valence-corrected chi connectivity index (χ4v) is 2.97. The van der Waals surface area contributed by atoms with E-state index in [1.165, 1.54) is 0 Å². The minimum absolute atomic E-state index is 0.147. The Balaban J connectivity index is 2.67. The zero-order valence-corrected chi connectivity index (χ0v) is 15.4. The van der Waals surface area contributed by atoms with E-state index in [-0.39, 0.29) is 8.84 Å². The number of halogens is 1. The fraction of sp³-hybridized carbons (Fsp3) is 0.933. The van der Waals surface area contributed by atoms with Crippen molar-refractivity contribution in [3.05, 3.63) is 0 Å². The summed E-state index contributed by atoms with van der Waals surface area (Å²) in [4.78, 5) is 14.3. The Morgan fingerprint density at radius 2 is 2.00 bits per heavy atom. The molecule has 1 rings (SSSR count). The van der Waals surface area contributed by atoms with E-state index in [1.807, 2.05) is 4.90 Å². The van der Waals surface area contributed by atoms with Crippen molar-refractivity contribution >= 4 is 28.5 Å². The highest BCUT2D eigenvalue weighted by atomic mass is 127. The van der Waals surface area contributed by atoms with Gasteiger partial charge in [-0.1, -0.05) is 57.2 Å². The van der Waals surface area contributed by atoms with E-state index >= 15 is 0 Å². The molecule has 0 aromatic carbocycles. The molecule has 0 bridgehead atoms. The first-order valence-corrected chi connectivity index (χ1v) is 8.32. The average Bonchev–Trinajstić information content (AvgIpc) is 2.17. The molecule has 1 heterocycles. The van der Waals surface area contributed by atoms with Gasteiger partial charge in [0, 0.05) is 35.0 Å². The van der Waals surface area contributed by atoms with Crippen LogP contribution in [0.3, 0.4) is 0 Å². The molecule has 1 unspecified atom stereocenters. The standard InChI is InChI=1S/C15H29IN2O/c1-11(2)17-12(14(3,4)5)10-18-8-7-15(6,16)9-13(18)19/h11-12,17H,7-10H2,1-6H3/t12-,15?/m1/s1. The molecule has 19 heavy (non-hydrogen) atoms. The van der Waals surface area contributed by atoms with Crippen molar-refractivity contribution in [2.45, 2.75) is 69.9 Å². The number of nitrogens with one attached hydrogen (secondary N) is 1. The van der Waals surface area contributed by atoms with Gasteiger partial charge in [0.2, 0.25) is 5.91 Å². The van der Waals surface area contributed by atoms with E-state index in [4.69, 9.17) is 0 Å². The van der Waals surface area contributed by atoms with E-state index in [2.05, 4.69) is 69.5 Å². The molecule has 1 N–H and O–H groups in total. The second-order valence-corrected chi connectivity index (χ2v) is 10.0. The van der Waals surface area contributed by atoms with Crippen molar-refractivity contribution in [1.82, 2.24) is 10.2 Å². The monoisotopic (exact) mass is 380 g/mol. The fourth-order valence-electron chi connectivity index (χ4n) is 2.40. The second kappa shape index (κ2) is 6.29. The Kier molecular flexibility index (Phi) is 5.70. The summed E-state index contributed by atoms with van der Waals surface area (Å²) < 4.78 is 0.147. The molecule has 0 spiro atoms. The van der Waals surface area contributed by atoms with Gasteiger partial charge in [0.05, 0.1) is 0 Å². The number of rotatable bonds is 4. The highest BCUT2D eigenvalue weighted by Gasteiger charge is 2.35. The first-order chi connectivity index (χ1) is 8.51. The molecule has 3 nitrogen and oxygen atoms in total. The van der Waals surface area contributed by atoms with E-state index in [0.29, 0.717) is 24.4 Å². The zero-order chi connectivity index (χ0) is 14.8. The van der Waals surface area contributed by atoms with Gasteiger partial charge in [-0.05, 0) is 18.8 Å². The van der Waals surface area contributed by atoms with Crippen LogP contribution in [0, 0.1) is 5.41 Å². The number of piperidine rings is 1. The molecule has 0 aromatic heterocycles. The number of hydrogen-bond acceptors (Lipinski definition) is 2. The van der Waals surface area contributed by atoms with E-state index in [1.54, 1.807) is 0 Å². The lowest BCUT2D eigenvalue weighted by molar-refractivity contribution is -0.134. The zero-order valence-electron chi connectivity index (χ0n) is 13.2. The maximum atomic E-state index is 12.3. The minimum atomic E-state index is 0.147. The van der Waals surface area contributed by atoms with Crippen molar-refractivity contribution in [3.8, 4) is 0 Å². The predicted molar refractivity (Wildman–Crippen MR) is 89.8 cm³/mol. The van der Waals surface area contributed by atoms with Crippen LogP contribution in [-0.2, 0) is 4.79 Å². The van der Waals surface area contributed by atoms with Crippen LogP contribution in [0.2, 0.25) is 0 Å². The Morgan fingerprint density at radius 1 is 1.42 bits per heavy atom. The van der Waals surface area contributed by atoms with Gasteiger partial charge in [-0.15, -0.1) is 0 Å². The average molecular weight is 380 g/mol. The third-order valence-corrected chi connectivity index (χ3v) is 4.68. The van der Waals surface area contributed by atoms with Crippen molar-refractivity contribution in [2.75, 3.05) is 13.1 Å². The first-order valence-electron chi connectivity index (χ1n) is 7.24. The summed E-state index contributed by atoms with van der Waals surface area (Å²) in [5.41, 5.74) is 0.162. The summed E-state index contributed by atoms with van der Waals surface area (Å²) >= 11 is 2.42. The Labute approximate surface area is 132 Å². The van der Waals surface area contributed by atoms with Crippen LogP contribution >= 0.6 is 22.6 Å². The summed E-state index contributed by atoms with van der Waals surface area (Å²) in [5, 5.41) is 3.61. The molecule has 0 aliphatic carbocycles. The first kappa shape index (κ1) is 17.2. The van der Waals surface area contributed by atoms with Gasteiger partial charge in [-0.3, -0.25) is 4.79 Å². The van der Waals surface area contributed by atoms with Crippen molar-refractivity contribution < 1.29 is 4.79 Å². The van der Waals surface area contributed by atoms with Gasteiger partial charge in [-0.2, -0.15) is 0 Å². The Bertz CT molecular complexity index is 321. The highest BCUT2D eigenvalue weighted by Crippen LogP contribution is 2.32.